The Hall–Kier alpha value is -1.17. The SMILES string of the molecule is CCCCCCCCC/C=C/CC/C=C/C(O)C(CO)NC(=O)CC(O)CCCCCCCCCCCCCCCCCCCCCCCCCCCCCC. The monoisotopic (exact) mass is 790 g/mol. The topological polar surface area (TPSA) is 89.8 Å². The number of carbonyl (C=O) groups excluding carboxylic acids is 1. The van der Waals surface area contributed by atoms with Gasteiger partial charge in [0.15, 0.2) is 0 Å². The number of unbranched alkanes of at least 4 members (excludes halogenated alkanes) is 35. The summed E-state index contributed by atoms with van der Waals surface area (Å²) in [6.07, 6.45) is 57.9. The molecule has 0 aliphatic rings. The number of nitrogens with one attached hydrogen (secondary N) is 1. The van der Waals surface area contributed by atoms with E-state index in [1.807, 2.05) is 6.08 Å². The van der Waals surface area contributed by atoms with Gasteiger partial charge in [0.1, 0.15) is 0 Å². The van der Waals surface area contributed by atoms with Crippen molar-refractivity contribution in [3.05, 3.63) is 24.3 Å². The van der Waals surface area contributed by atoms with Crippen molar-refractivity contribution < 1.29 is 20.1 Å². The molecule has 0 aromatic carbocycles. The van der Waals surface area contributed by atoms with Crippen LogP contribution >= 0.6 is 0 Å². The van der Waals surface area contributed by atoms with E-state index in [2.05, 4.69) is 31.3 Å². The maximum Gasteiger partial charge on any atom is 0.222 e. The van der Waals surface area contributed by atoms with Gasteiger partial charge in [0.25, 0.3) is 0 Å². The fraction of sp³-hybridized carbons (Fsp3) is 0.902. The molecule has 5 nitrogen and oxygen atoms in total. The van der Waals surface area contributed by atoms with Crippen LogP contribution in [0.2, 0.25) is 0 Å². The van der Waals surface area contributed by atoms with Crippen molar-refractivity contribution in [3.8, 4) is 0 Å². The summed E-state index contributed by atoms with van der Waals surface area (Å²) in [4.78, 5) is 12.4. The Labute approximate surface area is 350 Å². The smallest absolute Gasteiger partial charge is 0.222 e. The summed E-state index contributed by atoms with van der Waals surface area (Å²) in [5, 5.41) is 33.2. The van der Waals surface area contributed by atoms with Crippen LogP contribution < -0.4 is 5.32 Å². The first-order valence-electron chi connectivity index (χ1n) is 25.1. The number of rotatable bonds is 46. The minimum atomic E-state index is -0.948. The van der Waals surface area contributed by atoms with Crippen molar-refractivity contribution >= 4 is 5.91 Å². The molecule has 0 rings (SSSR count). The molecule has 0 aliphatic carbocycles. The van der Waals surface area contributed by atoms with Crippen molar-refractivity contribution in [2.75, 3.05) is 6.61 Å². The van der Waals surface area contributed by atoms with Gasteiger partial charge in [0, 0.05) is 0 Å². The van der Waals surface area contributed by atoms with Gasteiger partial charge in [0.2, 0.25) is 5.91 Å². The first kappa shape index (κ1) is 54.8. The number of hydrogen-bond acceptors (Lipinski definition) is 4. The maximum absolute atomic E-state index is 12.4. The van der Waals surface area contributed by atoms with Crippen LogP contribution in [-0.2, 0) is 4.79 Å². The molecule has 332 valence electrons. The second-order valence-electron chi connectivity index (χ2n) is 17.4. The maximum atomic E-state index is 12.4. The van der Waals surface area contributed by atoms with Gasteiger partial charge in [-0.3, -0.25) is 4.79 Å². The lowest BCUT2D eigenvalue weighted by Crippen LogP contribution is -2.45. The summed E-state index contributed by atoms with van der Waals surface area (Å²) in [6, 6.07) is -0.757. The third kappa shape index (κ3) is 42.4. The number of aliphatic hydroxyl groups excluding tert-OH is 3. The van der Waals surface area contributed by atoms with Gasteiger partial charge in [-0.25, -0.2) is 0 Å². The molecule has 0 saturated carbocycles. The predicted octanol–water partition coefficient (Wildman–Crippen LogP) is 14.9. The molecule has 0 spiro atoms. The lowest BCUT2D eigenvalue weighted by atomic mass is 10.0. The molecule has 0 aromatic heterocycles. The second-order valence-corrected chi connectivity index (χ2v) is 17.4. The third-order valence-electron chi connectivity index (χ3n) is 11.7. The fourth-order valence-corrected chi connectivity index (χ4v) is 7.89. The van der Waals surface area contributed by atoms with Crippen LogP contribution in [0, 0.1) is 0 Å². The molecule has 4 N–H and O–H groups in total. The standard InChI is InChI=1S/C51H99NO4/c1-3-5-7-9-11-13-15-17-18-19-20-21-22-23-24-25-26-27-28-29-30-31-33-34-36-38-40-42-44-48(54)46-51(56)52-49(47-53)50(55)45-43-41-39-37-35-32-16-14-12-10-8-6-4-2/h35,37,43,45,48-50,53-55H,3-34,36,38-42,44,46-47H2,1-2H3,(H,52,56)/b37-35+,45-43+. The molecule has 0 radical (unpaired) electrons. The number of carbonyl (C=O) groups is 1. The van der Waals surface area contributed by atoms with Crippen molar-refractivity contribution in [1.82, 2.24) is 5.32 Å². The highest BCUT2D eigenvalue weighted by atomic mass is 16.3. The molecule has 0 aromatic rings. The molecule has 0 fully saturated rings. The van der Waals surface area contributed by atoms with Crippen LogP contribution in [-0.4, -0.2) is 46.1 Å². The van der Waals surface area contributed by atoms with Crippen LogP contribution in [0.15, 0.2) is 24.3 Å². The van der Waals surface area contributed by atoms with Gasteiger partial charge in [-0.15, -0.1) is 0 Å². The van der Waals surface area contributed by atoms with E-state index in [1.54, 1.807) is 6.08 Å². The molecule has 3 atom stereocenters. The van der Waals surface area contributed by atoms with E-state index < -0.39 is 18.2 Å². The van der Waals surface area contributed by atoms with Crippen LogP contribution in [0.25, 0.3) is 0 Å². The first-order valence-corrected chi connectivity index (χ1v) is 25.1. The zero-order valence-electron chi connectivity index (χ0n) is 37.8. The quantitative estimate of drug-likeness (QED) is 0.0365. The number of aliphatic hydroxyl groups is 3. The number of amides is 1. The zero-order valence-corrected chi connectivity index (χ0v) is 37.8. The Bertz CT molecular complexity index is 829. The predicted molar refractivity (Wildman–Crippen MR) is 245 cm³/mol. The summed E-state index contributed by atoms with van der Waals surface area (Å²) in [7, 11) is 0. The Kier molecular flexibility index (Phi) is 45.5. The van der Waals surface area contributed by atoms with Crippen molar-refractivity contribution in [1.29, 1.82) is 0 Å². The molecule has 0 bridgehead atoms. The van der Waals surface area contributed by atoms with Gasteiger partial charge in [0.05, 0.1) is 31.3 Å². The molecule has 0 heterocycles. The van der Waals surface area contributed by atoms with Crippen molar-refractivity contribution in [2.45, 2.75) is 289 Å². The number of hydrogen-bond donors (Lipinski definition) is 4. The molecule has 0 saturated heterocycles. The van der Waals surface area contributed by atoms with Crippen molar-refractivity contribution in [3.63, 3.8) is 0 Å². The Morgan fingerprint density at radius 2 is 0.768 bits per heavy atom. The average Bonchev–Trinajstić information content (AvgIpc) is 3.19. The summed E-state index contributed by atoms with van der Waals surface area (Å²) in [5.74, 6) is -0.322. The van der Waals surface area contributed by atoms with Crippen LogP contribution in [0.5, 0.6) is 0 Å². The van der Waals surface area contributed by atoms with E-state index in [0.717, 1.165) is 32.1 Å². The highest BCUT2D eigenvalue weighted by molar-refractivity contribution is 5.76. The van der Waals surface area contributed by atoms with Gasteiger partial charge in [-0.2, -0.15) is 0 Å². The minimum Gasteiger partial charge on any atom is -0.394 e. The van der Waals surface area contributed by atoms with Crippen LogP contribution in [0.3, 0.4) is 0 Å². The summed E-state index contributed by atoms with van der Waals surface area (Å²) in [6.45, 7) is 4.21. The van der Waals surface area contributed by atoms with Gasteiger partial charge < -0.3 is 20.6 Å². The first-order chi connectivity index (χ1) is 27.5. The highest BCUT2D eigenvalue weighted by Gasteiger charge is 2.20. The fourth-order valence-electron chi connectivity index (χ4n) is 7.89. The summed E-state index contributed by atoms with van der Waals surface area (Å²) in [5.41, 5.74) is 0. The largest absolute Gasteiger partial charge is 0.394 e. The molecule has 5 heteroatoms. The van der Waals surface area contributed by atoms with Crippen molar-refractivity contribution in [2.24, 2.45) is 0 Å². The molecular formula is C51H99NO4. The normalized spacial score (nSPS) is 13.6. The minimum absolute atomic E-state index is 0.00990. The van der Waals surface area contributed by atoms with Crippen LogP contribution in [0.4, 0.5) is 0 Å². The van der Waals surface area contributed by atoms with Crippen LogP contribution in [0.1, 0.15) is 271 Å². The molecule has 1 amide bonds. The van der Waals surface area contributed by atoms with E-state index in [0.29, 0.717) is 6.42 Å². The average molecular weight is 790 g/mol. The second kappa shape index (κ2) is 46.5. The molecule has 3 unspecified atom stereocenters. The zero-order chi connectivity index (χ0) is 40.8. The lowest BCUT2D eigenvalue weighted by molar-refractivity contribution is -0.124. The van der Waals surface area contributed by atoms with E-state index in [9.17, 15) is 20.1 Å². The Balaban J connectivity index is 3.53. The van der Waals surface area contributed by atoms with E-state index in [1.165, 1.54) is 212 Å². The molecule has 56 heavy (non-hydrogen) atoms. The van der Waals surface area contributed by atoms with Gasteiger partial charge >= 0.3 is 0 Å². The van der Waals surface area contributed by atoms with Gasteiger partial charge in [-0.1, -0.05) is 256 Å². The Morgan fingerprint density at radius 3 is 1.14 bits per heavy atom. The molecule has 0 aliphatic heterocycles. The van der Waals surface area contributed by atoms with E-state index in [-0.39, 0.29) is 18.9 Å². The number of allylic oxidation sites excluding steroid dienone is 3. The molecular weight excluding hydrogens is 691 g/mol. The van der Waals surface area contributed by atoms with Gasteiger partial charge in [-0.05, 0) is 32.1 Å². The summed E-state index contributed by atoms with van der Waals surface area (Å²) < 4.78 is 0. The third-order valence-corrected chi connectivity index (χ3v) is 11.7. The Morgan fingerprint density at radius 1 is 0.446 bits per heavy atom. The summed E-state index contributed by atoms with van der Waals surface area (Å²) >= 11 is 0. The highest BCUT2D eigenvalue weighted by Crippen LogP contribution is 2.17. The van der Waals surface area contributed by atoms with E-state index >= 15 is 0 Å². The van der Waals surface area contributed by atoms with E-state index in [4.69, 9.17) is 0 Å². The lowest BCUT2D eigenvalue weighted by Gasteiger charge is -2.21.